The van der Waals surface area contributed by atoms with Gasteiger partial charge in [-0.3, -0.25) is 4.79 Å². The summed E-state index contributed by atoms with van der Waals surface area (Å²) in [5.41, 5.74) is 4.52. The number of nitrogens with zero attached hydrogens (tertiary/aromatic N) is 3. The Hall–Kier alpha value is -2.47. The standard InChI is InChI=1S/C33H46N4O2/c1-22(34-19-26-21-37(36-35-26)20-24-8-6-5-7-9-24)29-12-13-30-28-11-10-25-18-27(39-23(2)38)14-16-32(25,3)31(28)15-17-33(29,30)4/h5-10,21-22,27-31,34H,11-20H2,1-4H3/t22-,27+,28+,29-,30+,31+,32+,33-/m1/s1. The number of rotatable bonds is 7. The van der Waals surface area contributed by atoms with Crippen LogP contribution in [0.4, 0.5) is 0 Å². The van der Waals surface area contributed by atoms with Gasteiger partial charge < -0.3 is 10.1 Å². The van der Waals surface area contributed by atoms with E-state index >= 15 is 0 Å². The average molecular weight is 531 g/mol. The van der Waals surface area contributed by atoms with Crippen LogP contribution in [-0.2, 0) is 22.6 Å². The molecule has 3 fully saturated rings. The van der Waals surface area contributed by atoms with Crippen molar-refractivity contribution in [3.05, 3.63) is 59.4 Å². The van der Waals surface area contributed by atoms with Crippen molar-refractivity contribution in [3.63, 3.8) is 0 Å². The van der Waals surface area contributed by atoms with E-state index in [-0.39, 0.29) is 17.5 Å². The average Bonchev–Trinajstić information content (AvgIpc) is 3.51. The molecule has 39 heavy (non-hydrogen) atoms. The maximum atomic E-state index is 11.6. The van der Waals surface area contributed by atoms with Crippen LogP contribution in [-0.4, -0.2) is 33.1 Å². The van der Waals surface area contributed by atoms with Gasteiger partial charge in [0.25, 0.3) is 0 Å². The molecule has 0 amide bonds. The Kier molecular flexibility index (Phi) is 7.20. The normalized spacial score (nSPS) is 36.3. The molecule has 0 aliphatic heterocycles. The quantitative estimate of drug-likeness (QED) is 0.335. The molecule has 210 valence electrons. The van der Waals surface area contributed by atoms with E-state index in [9.17, 15) is 4.79 Å². The predicted molar refractivity (Wildman–Crippen MR) is 153 cm³/mol. The Bertz CT molecular complexity index is 1210. The third kappa shape index (κ3) is 4.98. The molecule has 3 saturated carbocycles. The molecule has 6 nitrogen and oxygen atoms in total. The van der Waals surface area contributed by atoms with Crippen molar-refractivity contribution in [2.75, 3.05) is 0 Å². The van der Waals surface area contributed by atoms with E-state index in [0.717, 1.165) is 55.8 Å². The molecule has 4 aliphatic carbocycles. The van der Waals surface area contributed by atoms with Crippen LogP contribution in [0.5, 0.6) is 0 Å². The van der Waals surface area contributed by atoms with E-state index < -0.39 is 0 Å². The van der Waals surface area contributed by atoms with Gasteiger partial charge in [0.2, 0.25) is 0 Å². The molecule has 1 aromatic carbocycles. The second-order valence-electron chi connectivity index (χ2n) is 13.5. The number of allylic oxidation sites excluding steroid dienone is 1. The summed E-state index contributed by atoms with van der Waals surface area (Å²) in [6, 6.07) is 10.9. The Labute approximate surface area is 234 Å². The zero-order chi connectivity index (χ0) is 27.2. The van der Waals surface area contributed by atoms with E-state index in [1.165, 1.54) is 37.7 Å². The van der Waals surface area contributed by atoms with Crippen molar-refractivity contribution < 1.29 is 9.53 Å². The molecular weight excluding hydrogens is 484 g/mol. The van der Waals surface area contributed by atoms with Gasteiger partial charge in [-0.1, -0.05) is 61.0 Å². The molecule has 1 N–H and O–H groups in total. The molecule has 6 rings (SSSR count). The number of carbonyl (C=O) groups is 1. The van der Waals surface area contributed by atoms with E-state index in [2.05, 4.69) is 72.9 Å². The number of aromatic nitrogens is 3. The topological polar surface area (TPSA) is 69.0 Å². The zero-order valence-corrected chi connectivity index (χ0v) is 24.2. The van der Waals surface area contributed by atoms with Crippen LogP contribution in [0, 0.1) is 34.5 Å². The van der Waals surface area contributed by atoms with E-state index in [1.807, 2.05) is 10.7 Å². The number of nitrogens with one attached hydrogen (secondary N) is 1. The van der Waals surface area contributed by atoms with Crippen LogP contribution in [0.25, 0.3) is 0 Å². The largest absolute Gasteiger partial charge is 0.462 e. The minimum absolute atomic E-state index is 0.0787. The van der Waals surface area contributed by atoms with Gasteiger partial charge in [-0.2, -0.15) is 0 Å². The van der Waals surface area contributed by atoms with Crippen LogP contribution in [0.2, 0.25) is 0 Å². The molecule has 0 radical (unpaired) electrons. The van der Waals surface area contributed by atoms with Crippen LogP contribution in [0.15, 0.2) is 48.2 Å². The number of hydrogen-bond donors (Lipinski definition) is 1. The van der Waals surface area contributed by atoms with Gasteiger partial charge in [0.15, 0.2) is 0 Å². The monoisotopic (exact) mass is 530 g/mol. The summed E-state index contributed by atoms with van der Waals surface area (Å²) < 4.78 is 7.57. The van der Waals surface area contributed by atoms with Crippen LogP contribution < -0.4 is 5.32 Å². The minimum Gasteiger partial charge on any atom is -0.462 e. The molecule has 1 heterocycles. The molecule has 0 saturated heterocycles. The van der Waals surface area contributed by atoms with Crippen molar-refractivity contribution in [1.29, 1.82) is 0 Å². The summed E-state index contributed by atoms with van der Waals surface area (Å²) in [5, 5.41) is 12.7. The molecule has 0 bridgehead atoms. The van der Waals surface area contributed by atoms with Gasteiger partial charge in [-0.05, 0) is 91.9 Å². The maximum Gasteiger partial charge on any atom is 0.302 e. The molecule has 0 unspecified atom stereocenters. The molecule has 0 spiro atoms. The van der Waals surface area contributed by atoms with Crippen molar-refractivity contribution in [2.45, 2.75) is 104 Å². The van der Waals surface area contributed by atoms with E-state index in [1.54, 1.807) is 12.5 Å². The van der Waals surface area contributed by atoms with E-state index in [4.69, 9.17) is 4.74 Å². The maximum absolute atomic E-state index is 11.6. The third-order valence-corrected chi connectivity index (χ3v) is 11.4. The SMILES string of the molecule is CC(=O)O[C@H]1CC[C@@]2(C)C(=CC[C@H]3[C@@H]4CC[C@H]([C@@H](C)NCc5cn(Cc6ccccc6)nn5)[C@@]4(C)CC[C@@H]32)C1. The van der Waals surface area contributed by atoms with Gasteiger partial charge in [0, 0.05) is 25.9 Å². The van der Waals surface area contributed by atoms with E-state index in [0.29, 0.717) is 17.4 Å². The number of fused-ring (bicyclic) bond motifs is 5. The summed E-state index contributed by atoms with van der Waals surface area (Å²) in [6.07, 6.45) is 14.4. The molecule has 6 heteroatoms. The highest BCUT2D eigenvalue weighted by atomic mass is 16.5. The summed E-state index contributed by atoms with van der Waals surface area (Å²) >= 11 is 0. The van der Waals surface area contributed by atoms with Crippen LogP contribution >= 0.6 is 0 Å². The summed E-state index contributed by atoms with van der Waals surface area (Å²) in [6.45, 7) is 10.6. The fraction of sp³-hybridized carbons (Fsp3) is 0.667. The first-order valence-electron chi connectivity index (χ1n) is 15.3. The number of ether oxygens (including phenoxy) is 1. The summed E-state index contributed by atoms with van der Waals surface area (Å²) in [7, 11) is 0. The predicted octanol–water partition coefficient (Wildman–Crippen LogP) is 6.32. The lowest BCUT2D eigenvalue weighted by molar-refractivity contribution is -0.148. The van der Waals surface area contributed by atoms with Gasteiger partial charge in [0.1, 0.15) is 6.10 Å². The highest BCUT2D eigenvalue weighted by Crippen LogP contribution is 2.66. The number of esters is 1. The first kappa shape index (κ1) is 26.7. The Morgan fingerprint density at radius 3 is 2.74 bits per heavy atom. The Morgan fingerprint density at radius 2 is 1.95 bits per heavy atom. The Morgan fingerprint density at radius 1 is 1.13 bits per heavy atom. The van der Waals surface area contributed by atoms with Crippen LogP contribution in [0.1, 0.15) is 90.3 Å². The lowest BCUT2D eigenvalue weighted by atomic mass is 9.47. The second kappa shape index (κ2) is 10.5. The van der Waals surface area contributed by atoms with Crippen molar-refractivity contribution in [2.24, 2.45) is 34.5 Å². The highest BCUT2D eigenvalue weighted by Gasteiger charge is 2.59. The highest BCUT2D eigenvalue weighted by molar-refractivity contribution is 5.66. The van der Waals surface area contributed by atoms with Crippen molar-refractivity contribution in [3.8, 4) is 0 Å². The number of carbonyl (C=O) groups excluding carboxylic acids is 1. The van der Waals surface area contributed by atoms with Crippen molar-refractivity contribution >= 4 is 5.97 Å². The lowest BCUT2D eigenvalue weighted by Crippen LogP contribution is -2.52. The third-order valence-electron chi connectivity index (χ3n) is 11.4. The molecule has 4 aliphatic rings. The molecule has 1 aromatic heterocycles. The fourth-order valence-corrected chi connectivity index (χ4v) is 9.50. The first-order chi connectivity index (χ1) is 18.8. The van der Waals surface area contributed by atoms with Crippen molar-refractivity contribution in [1.82, 2.24) is 20.3 Å². The fourth-order valence-electron chi connectivity index (χ4n) is 9.50. The molecular formula is C33H46N4O2. The second-order valence-corrected chi connectivity index (χ2v) is 13.5. The lowest BCUT2D eigenvalue weighted by Gasteiger charge is -2.58. The summed E-state index contributed by atoms with van der Waals surface area (Å²) in [4.78, 5) is 11.6. The van der Waals surface area contributed by atoms with Gasteiger partial charge in [-0.25, -0.2) is 4.68 Å². The minimum atomic E-state index is -0.136. The Balaban J connectivity index is 1.09. The van der Waals surface area contributed by atoms with Gasteiger partial charge >= 0.3 is 5.97 Å². The number of benzene rings is 1. The van der Waals surface area contributed by atoms with Gasteiger partial charge in [0.05, 0.1) is 18.4 Å². The van der Waals surface area contributed by atoms with Gasteiger partial charge in [-0.15, -0.1) is 5.10 Å². The number of hydrogen-bond acceptors (Lipinski definition) is 5. The van der Waals surface area contributed by atoms with Crippen LogP contribution in [0.3, 0.4) is 0 Å². The zero-order valence-electron chi connectivity index (χ0n) is 24.2. The first-order valence-corrected chi connectivity index (χ1v) is 15.3. The summed E-state index contributed by atoms with van der Waals surface area (Å²) in [5.74, 6) is 2.93. The molecule has 2 aromatic rings. The smallest absolute Gasteiger partial charge is 0.302 e. The molecule has 8 atom stereocenters.